The van der Waals surface area contributed by atoms with Gasteiger partial charge in [0.2, 0.25) is 0 Å². The molecular weight excluding hydrogens is 341 g/mol. The maximum Gasteiger partial charge on any atom is 0.273 e. The molecular formula is C15H25Cl2N3OS. The number of hydrogen-bond donors (Lipinski definition) is 1. The van der Waals surface area contributed by atoms with Gasteiger partial charge in [-0.15, -0.1) is 36.2 Å². The predicted octanol–water partition coefficient (Wildman–Crippen LogP) is 3.47. The van der Waals surface area contributed by atoms with Crippen LogP contribution in [0.1, 0.15) is 60.9 Å². The quantitative estimate of drug-likeness (QED) is 0.891. The van der Waals surface area contributed by atoms with Gasteiger partial charge in [0.05, 0.1) is 5.01 Å². The van der Waals surface area contributed by atoms with Gasteiger partial charge in [0.15, 0.2) is 0 Å². The van der Waals surface area contributed by atoms with Crippen LogP contribution in [0, 0.1) is 0 Å². The van der Waals surface area contributed by atoms with Gasteiger partial charge in [-0.3, -0.25) is 4.79 Å². The molecule has 2 fully saturated rings. The van der Waals surface area contributed by atoms with Crippen LogP contribution in [0.4, 0.5) is 0 Å². The molecule has 4 nitrogen and oxygen atoms in total. The first-order valence-corrected chi connectivity index (χ1v) is 8.41. The van der Waals surface area contributed by atoms with Crippen LogP contribution in [0.15, 0.2) is 5.38 Å². The fourth-order valence-corrected chi connectivity index (χ4v) is 4.15. The summed E-state index contributed by atoms with van der Waals surface area (Å²) >= 11 is 1.59. The summed E-state index contributed by atoms with van der Waals surface area (Å²) in [5.41, 5.74) is 0.618. The highest BCUT2D eigenvalue weighted by atomic mass is 35.5. The molecule has 0 spiro atoms. The number of rotatable bonds is 3. The van der Waals surface area contributed by atoms with Gasteiger partial charge in [0.1, 0.15) is 5.69 Å². The van der Waals surface area contributed by atoms with Gasteiger partial charge in [-0.1, -0.05) is 13.8 Å². The number of piperidine rings is 1. The maximum absolute atomic E-state index is 12.6. The van der Waals surface area contributed by atoms with Crippen LogP contribution in [0.3, 0.4) is 0 Å². The van der Waals surface area contributed by atoms with Gasteiger partial charge < -0.3 is 10.2 Å². The molecule has 0 radical (unpaired) electrons. The molecule has 22 heavy (non-hydrogen) atoms. The van der Waals surface area contributed by atoms with E-state index < -0.39 is 0 Å². The summed E-state index contributed by atoms with van der Waals surface area (Å²) in [6.07, 6.45) is 4.69. The number of carbonyl (C=O) groups is 1. The lowest BCUT2D eigenvalue weighted by molar-refractivity contribution is 0.0676. The van der Waals surface area contributed by atoms with Crippen molar-refractivity contribution in [2.45, 2.75) is 63.6 Å². The monoisotopic (exact) mass is 365 g/mol. The standard InChI is InChI=1S/C15H23N3OS.2ClH/c1-9(2)14-17-13(8-20-14)15(19)18(3)12-6-10-4-5-11(7-12)16-10;;/h8-12,16H,4-7H2,1-3H3;2*1H. The summed E-state index contributed by atoms with van der Waals surface area (Å²) < 4.78 is 0. The van der Waals surface area contributed by atoms with Crippen molar-refractivity contribution in [3.05, 3.63) is 16.1 Å². The predicted molar refractivity (Wildman–Crippen MR) is 95.8 cm³/mol. The zero-order chi connectivity index (χ0) is 14.3. The highest BCUT2D eigenvalue weighted by Gasteiger charge is 2.36. The number of thiazole rings is 1. The van der Waals surface area contributed by atoms with Crippen LogP contribution in [0.25, 0.3) is 0 Å². The molecule has 1 N–H and O–H groups in total. The Morgan fingerprint density at radius 2 is 1.91 bits per heavy atom. The van der Waals surface area contributed by atoms with Crippen molar-refractivity contribution in [1.29, 1.82) is 0 Å². The summed E-state index contributed by atoms with van der Waals surface area (Å²) in [4.78, 5) is 19.0. The van der Waals surface area contributed by atoms with E-state index in [0.717, 1.165) is 17.8 Å². The molecule has 2 atom stereocenters. The summed E-state index contributed by atoms with van der Waals surface area (Å²) in [6.45, 7) is 4.22. The van der Waals surface area contributed by atoms with Crippen molar-refractivity contribution >= 4 is 42.1 Å². The van der Waals surface area contributed by atoms with Gasteiger partial charge in [0, 0.05) is 36.5 Å². The van der Waals surface area contributed by atoms with E-state index in [0.29, 0.717) is 29.7 Å². The molecule has 1 amide bonds. The van der Waals surface area contributed by atoms with Crippen LogP contribution < -0.4 is 5.32 Å². The molecule has 3 heterocycles. The average molecular weight is 366 g/mol. The number of hydrogen-bond acceptors (Lipinski definition) is 4. The Bertz CT molecular complexity index is 497. The van der Waals surface area contributed by atoms with E-state index in [1.165, 1.54) is 12.8 Å². The van der Waals surface area contributed by atoms with E-state index in [1.807, 2.05) is 17.3 Å². The van der Waals surface area contributed by atoms with Crippen molar-refractivity contribution in [3.63, 3.8) is 0 Å². The van der Waals surface area contributed by atoms with Gasteiger partial charge in [-0.2, -0.15) is 0 Å². The third-order valence-corrected chi connectivity index (χ3v) is 5.70. The summed E-state index contributed by atoms with van der Waals surface area (Å²) in [5, 5.41) is 6.58. The molecule has 2 saturated heterocycles. The SMILES string of the molecule is CC(C)c1nc(C(=O)N(C)C2CC3CCC(C2)N3)cs1.Cl.Cl. The van der Waals surface area contributed by atoms with Crippen LogP contribution in [-0.4, -0.2) is 41.0 Å². The highest BCUT2D eigenvalue weighted by Crippen LogP contribution is 2.30. The number of nitrogens with zero attached hydrogens (tertiary/aromatic N) is 2. The molecule has 0 aromatic carbocycles. The normalized spacial score (nSPS) is 26.3. The summed E-state index contributed by atoms with van der Waals surface area (Å²) in [7, 11) is 1.94. The first-order valence-electron chi connectivity index (χ1n) is 7.53. The van der Waals surface area contributed by atoms with E-state index in [1.54, 1.807) is 11.3 Å². The Labute approximate surface area is 148 Å². The van der Waals surface area contributed by atoms with E-state index in [9.17, 15) is 4.79 Å². The van der Waals surface area contributed by atoms with E-state index in [4.69, 9.17) is 0 Å². The molecule has 2 bridgehead atoms. The molecule has 2 unspecified atom stereocenters. The molecule has 0 aliphatic carbocycles. The Hall–Kier alpha value is -0.360. The van der Waals surface area contributed by atoms with Gasteiger partial charge in [0.25, 0.3) is 5.91 Å². The molecule has 126 valence electrons. The minimum absolute atomic E-state index is 0. The second-order valence-corrected chi connectivity index (χ2v) is 7.29. The van der Waals surface area contributed by atoms with E-state index in [2.05, 4.69) is 24.1 Å². The van der Waals surface area contributed by atoms with E-state index >= 15 is 0 Å². The Morgan fingerprint density at radius 3 is 2.41 bits per heavy atom. The van der Waals surface area contributed by atoms with Crippen LogP contribution in [-0.2, 0) is 0 Å². The minimum atomic E-state index is 0. The van der Waals surface area contributed by atoms with Gasteiger partial charge in [-0.25, -0.2) is 4.98 Å². The molecule has 1 aromatic rings. The number of amides is 1. The lowest BCUT2D eigenvalue weighted by Crippen LogP contribution is -2.48. The maximum atomic E-state index is 12.6. The van der Waals surface area contributed by atoms with Gasteiger partial charge in [-0.05, 0) is 25.7 Å². The first kappa shape index (κ1) is 19.7. The van der Waals surface area contributed by atoms with E-state index in [-0.39, 0.29) is 30.7 Å². The van der Waals surface area contributed by atoms with Crippen LogP contribution >= 0.6 is 36.2 Å². The minimum Gasteiger partial charge on any atom is -0.337 e. The summed E-state index contributed by atoms with van der Waals surface area (Å²) in [6, 6.07) is 1.58. The van der Waals surface area contributed by atoms with Crippen LogP contribution in [0.2, 0.25) is 0 Å². The topological polar surface area (TPSA) is 45.2 Å². The largest absolute Gasteiger partial charge is 0.337 e. The van der Waals surface area contributed by atoms with Gasteiger partial charge >= 0.3 is 0 Å². The zero-order valence-electron chi connectivity index (χ0n) is 13.2. The second kappa shape index (κ2) is 7.95. The number of nitrogens with one attached hydrogen (secondary N) is 1. The fraction of sp³-hybridized carbons (Fsp3) is 0.733. The second-order valence-electron chi connectivity index (χ2n) is 6.40. The Kier molecular flexibility index (Phi) is 7.12. The molecule has 2 aliphatic rings. The zero-order valence-corrected chi connectivity index (χ0v) is 15.7. The third-order valence-electron chi connectivity index (χ3n) is 4.55. The molecule has 0 saturated carbocycles. The van der Waals surface area contributed by atoms with Crippen molar-refractivity contribution < 1.29 is 4.79 Å². The van der Waals surface area contributed by atoms with Crippen molar-refractivity contribution in [1.82, 2.24) is 15.2 Å². The Morgan fingerprint density at radius 1 is 1.32 bits per heavy atom. The lowest BCUT2D eigenvalue weighted by Gasteiger charge is -2.35. The van der Waals surface area contributed by atoms with Crippen molar-refractivity contribution in [3.8, 4) is 0 Å². The fourth-order valence-electron chi connectivity index (χ4n) is 3.34. The third kappa shape index (κ3) is 3.94. The number of aromatic nitrogens is 1. The number of carbonyl (C=O) groups excluding carboxylic acids is 1. The first-order chi connectivity index (χ1) is 9.54. The molecule has 1 aromatic heterocycles. The van der Waals surface area contributed by atoms with Crippen molar-refractivity contribution in [2.75, 3.05) is 7.05 Å². The molecule has 2 aliphatic heterocycles. The van der Waals surface area contributed by atoms with Crippen molar-refractivity contribution in [2.24, 2.45) is 0 Å². The Balaban J connectivity index is 0.00000121. The highest BCUT2D eigenvalue weighted by molar-refractivity contribution is 7.09. The van der Waals surface area contributed by atoms with Crippen LogP contribution in [0.5, 0.6) is 0 Å². The smallest absolute Gasteiger partial charge is 0.273 e. The summed E-state index contributed by atoms with van der Waals surface area (Å²) in [5.74, 6) is 0.473. The molecule has 7 heteroatoms. The molecule has 3 rings (SSSR count). The average Bonchev–Trinajstić information content (AvgIpc) is 3.04. The number of halogens is 2. The number of fused-ring (bicyclic) bond motifs is 2. The lowest BCUT2D eigenvalue weighted by atomic mass is 9.98.